The highest BCUT2D eigenvalue weighted by Gasteiger charge is 2.28. The summed E-state index contributed by atoms with van der Waals surface area (Å²) in [4.78, 5) is 5.10. The lowest BCUT2D eigenvalue weighted by Crippen LogP contribution is -2.53. The van der Waals surface area contributed by atoms with Gasteiger partial charge >= 0.3 is 0 Å². The number of hydrogen-bond acceptors (Lipinski definition) is 3. The predicted octanol–water partition coefficient (Wildman–Crippen LogP) is 1.71. The zero-order chi connectivity index (χ0) is 12.3. The Kier molecular flexibility index (Phi) is 4.45. The van der Waals surface area contributed by atoms with Crippen LogP contribution in [0.5, 0.6) is 0 Å². The molecule has 2 rings (SSSR count). The van der Waals surface area contributed by atoms with Crippen molar-refractivity contribution in [3.8, 4) is 0 Å². The Labute approximate surface area is 106 Å². The molecule has 1 atom stereocenters. The molecule has 0 radical (unpaired) electrons. The van der Waals surface area contributed by atoms with E-state index in [-0.39, 0.29) is 0 Å². The zero-order valence-corrected chi connectivity index (χ0v) is 11.5. The molecule has 0 spiro atoms. The fourth-order valence-corrected chi connectivity index (χ4v) is 3.15. The summed E-state index contributed by atoms with van der Waals surface area (Å²) in [5.74, 6) is 0. The predicted molar refractivity (Wildman–Crippen MR) is 71.2 cm³/mol. The number of nitrogens with zero attached hydrogens (tertiary/aromatic N) is 2. The molecule has 1 aliphatic carbocycles. The van der Waals surface area contributed by atoms with Crippen molar-refractivity contribution in [2.45, 2.75) is 57.6 Å². The van der Waals surface area contributed by atoms with E-state index in [4.69, 9.17) is 0 Å². The van der Waals surface area contributed by atoms with Gasteiger partial charge in [-0.15, -0.1) is 0 Å². The van der Waals surface area contributed by atoms with Gasteiger partial charge in [0.25, 0.3) is 0 Å². The van der Waals surface area contributed by atoms with Gasteiger partial charge in [0, 0.05) is 38.8 Å². The summed E-state index contributed by atoms with van der Waals surface area (Å²) in [5.41, 5.74) is -0.504. The smallest absolute Gasteiger partial charge is 0.0743 e. The van der Waals surface area contributed by atoms with E-state index >= 15 is 0 Å². The molecule has 3 nitrogen and oxygen atoms in total. The van der Waals surface area contributed by atoms with E-state index in [1.165, 1.54) is 38.8 Å². The van der Waals surface area contributed by atoms with Crippen LogP contribution in [0.1, 0.15) is 46.0 Å². The molecule has 3 heteroatoms. The maximum atomic E-state index is 10.1. The van der Waals surface area contributed by atoms with Gasteiger partial charge in [0.05, 0.1) is 5.60 Å². The highest BCUT2D eigenvalue weighted by atomic mass is 16.3. The summed E-state index contributed by atoms with van der Waals surface area (Å²) < 4.78 is 0. The Hall–Kier alpha value is -0.120. The van der Waals surface area contributed by atoms with Crippen LogP contribution in [0.2, 0.25) is 0 Å². The van der Waals surface area contributed by atoms with Crippen molar-refractivity contribution in [3.05, 3.63) is 0 Å². The molecule has 1 heterocycles. The maximum Gasteiger partial charge on any atom is 0.0743 e. The van der Waals surface area contributed by atoms with Crippen LogP contribution >= 0.6 is 0 Å². The van der Waals surface area contributed by atoms with Crippen molar-refractivity contribution in [1.29, 1.82) is 0 Å². The van der Waals surface area contributed by atoms with Gasteiger partial charge in [0.1, 0.15) is 0 Å². The normalized spacial score (nSPS) is 28.4. The van der Waals surface area contributed by atoms with Crippen LogP contribution < -0.4 is 0 Å². The van der Waals surface area contributed by atoms with Gasteiger partial charge in [-0.2, -0.15) is 0 Å². The number of rotatable bonds is 4. The van der Waals surface area contributed by atoms with Crippen LogP contribution in [-0.2, 0) is 0 Å². The van der Waals surface area contributed by atoms with Crippen molar-refractivity contribution in [3.63, 3.8) is 0 Å². The third kappa shape index (κ3) is 3.67. The highest BCUT2D eigenvalue weighted by Crippen LogP contribution is 2.24. The Bertz CT molecular complexity index is 228. The van der Waals surface area contributed by atoms with Gasteiger partial charge in [-0.25, -0.2) is 0 Å². The molecule has 17 heavy (non-hydrogen) atoms. The third-order valence-electron chi connectivity index (χ3n) is 4.57. The Morgan fingerprint density at radius 3 is 2.24 bits per heavy atom. The fourth-order valence-electron chi connectivity index (χ4n) is 3.15. The standard InChI is InChI=1S/C14H28N2O/c1-3-14(2,17)12-15-8-10-16(11-9-15)13-6-4-5-7-13/h13,17H,3-12H2,1-2H3. The molecule has 0 amide bonds. The lowest BCUT2D eigenvalue weighted by Gasteiger charge is -2.40. The summed E-state index contributed by atoms with van der Waals surface area (Å²) in [6, 6.07) is 0.865. The quantitative estimate of drug-likeness (QED) is 0.810. The molecular weight excluding hydrogens is 212 g/mol. The number of β-amino-alcohol motifs (C(OH)–C–C–N with tert-alkyl or cyclic N) is 1. The lowest BCUT2D eigenvalue weighted by molar-refractivity contribution is -0.00339. The summed E-state index contributed by atoms with van der Waals surface area (Å²) in [6.45, 7) is 9.52. The highest BCUT2D eigenvalue weighted by molar-refractivity contribution is 4.84. The van der Waals surface area contributed by atoms with Gasteiger partial charge < -0.3 is 5.11 Å². The first-order valence-corrected chi connectivity index (χ1v) is 7.29. The van der Waals surface area contributed by atoms with Crippen molar-refractivity contribution in [1.82, 2.24) is 9.80 Å². The van der Waals surface area contributed by atoms with E-state index in [1.807, 2.05) is 6.92 Å². The molecule has 2 fully saturated rings. The monoisotopic (exact) mass is 240 g/mol. The molecular formula is C14H28N2O. The van der Waals surface area contributed by atoms with Crippen LogP contribution in [0.3, 0.4) is 0 Å². The Morgan fingerprint density at radius 2 is 1.71 bits per heavy atom. The van der Waals surface area contributed by atoms with Gasteiger partial charge in [-0.1, -0.05) is 19.8 Å². The SMILES string of the molecule is CCC(C)(O)CN1CCN(C2CCCC2)CC1. The van der Waals surface area contributed by atoms with Crippen LogP contribution in [0.25, 0.3) is 0 Å². The van der Waals surface area contributed by atoms with E-state index in [0.717, 1.165) is 32.1 Å². The van der Waals surface area contributed by atoms with Gasteiger partial charge in [0.15, 0.2) is 0 Å². The molecule has 0 aromatic heterocycles. The average molecular weight is 240 g/mol. The van der Waals surface area contributed by atoms with Gasteiger partial charge in [-0.3, -0.25) is 9.80 Å². The topological polar surface area (TPSA) is 26.7 Å². The molecule has 1 saturated heterocycles. The minimum absolute atomic E-state index is 0.504. The molecule has 1 N–H and O–H groups in total. The first-order chi connectivity index (χ1) is 8.11. The van der Waals surface area contributed by atoms with Crippen LogP contribution in [0, 0.1) is 0 Å². The van der Waals surface area contributed by atoms with E-state index in [9.17, 15) is 5.11 Å². The van der Waals surface area contributed by atoms with E-state index in [2.05, 4.69) is 16.7 Å². The summed E-state index contributed by atoms with van der Waals surface area (Å²) >= 11 is 0. The van der Waals surface area contributed by atoms with Crippen LogP contribution in [0.15, 0.2) is 0 Å². The van der Waals surface area contributed by atoms with Gasteiger partial charge in [0.2, 0.25) is 0 Å². The number of hydrogen-bond donors (Lipinski definition) is 1. The third-order valence-corrected chi connectivity index (χ3v) is 4.57. The Morgan fingerprint density at radius 1 is 1.12 bits per heavy atom. The van der Waals surface area contributed by atoms with E-state index in [1.54, 1.807) is 0 Å². The number of aliphatic hydroxyl groups is 1. The first-order valence-electron chi connectivity index (χ1n) is 7.29. The van der Waals surface area contributed by atoms with Crippen molar-refractivity contribution < 1.29 is 5.11 Å². The summed E-state index contributed by atoms with van der Waals surface area (Å²) in [6.07, 6.45) is 6.51. The van der Waals surface area contributed by atoms with Gasteiger partial charge in [-0.05, 0) is 26.2 Å². The molecule has 2 aliphatic rings. The lowest BCUT2D eigenvalue weighted by atomic mass is 10.0. The fraction of sp³-hybridized carbons (Fsp3) is 1.00. The molecule has 0 aromatic carbocycles. The zero-order valence-electron chi connectivity index (χ0n) is 11.5. The van der Waals surface area contributed by atoms with Crippen molar-refractivity contribution in [2.75, 3.05) is 32.7 Å². The molecule has 1 aliphatic heterocycles. The molecule has 1 unspecified atom stereocenters. The van der Waals surface area contributed by atoms with Crippen molar-refractivity contribution in [2.24, 2.45) is 0 Å². The average Bonchev–Trinajstić information content (AvgIpc) is 2.83. The molecule has 100 valence electrons. The largest absolute Gasteiger partial charge is 0.389 e. The first kappa shape index (κ1) is 13.3. The second kappa shape index (κ2) is 5.68. The summed E-state index contributed by atoms with van der Waals surface area (Å²) in [7, 11) is 0. The summed E-state index contributed by atoms with van der Waals surface area (Å²) in [5, 5.41) is 10.1. The second-order valence-electron chi connectivity index (χ2n) is 6.10. The van der Waals surface area contributed by atoms with Crippen LogP contribution in [-0.4, -0.2) is 59.3 Å². The minimum atomic E-state index is -0.504. The van der Waals surface area contributed by atoms with E-state index in [0.29, 0.717) is 0 Å². The second-order valence-corrected chi connectivity index (χ2v) is 6.10. The van der Waals surface area contributed by atoms with Crippen LogP contribution in [0.4, 0.5) is 0 Å². The maximum absolute atomic E-state index is 10.1. The minimum Gasteiger partial charge on any atom is -0.389 e. The molecule has 0 bridgehead atoms. The van der Waals surface area contributed by atoms with E-state index < -0.39 is 5.60 Å². The number of piperazine rings is 1. The molecule has 0 aromatic rings. The Balaban J connectivity index is 1.74. The molecule has 1 saturated carbocycles. The van der Waals surface area contributed by atoms with Crippen molar-refractivity contribution >= 4 is 0 Å².